The lowest BCUT2D eigenvalue weighted by Crippen LogP contribution is -2.33. The summed E-state index contributed by atoms with van der Waals surface area (Å²) in [4.78, 5) is 29.4. The van der Waals surface area contributed by atoms with Gasteiger partial charge in [0.05, 0.1) is 4.92 Å². The fourth-order valence-electron chi connectivity index (χ4n) is 5.59. The number of nitro groups is 1. The Labute approximate surface area is 247 Å². The van der Waals surface area contributed by atoms with Crippen molar-refractivity contribution in [1.29, 1.82) is 0 Å². The Hall–Kier alpha value is -3.34. The molecule has 0 bridgehead atoms. The summed E-state index contributed by atoms with van der Waals surface area (Å²) in [6, 6.07) is 11.6. The molecule has 4 rings (SSSR count). The normalized spacial score (nSPS) is 18.4. The molecule has 0 spiro atoms. The van der Waals surface area contributed by atoms with E-state index in [0.717, 1.165) is 57.7 Å². The van der Waals surface area contributed by atoms with Crippen LogP contribution in [0.1, 0.15) is 65.0 Å². The highest BCUT2D eigenvalue weighted by Gasteiger charge is 2.38. The molecule has 0 unspecified atom stereocenters. The van der Waals surface area contributed by atoms with E-state index in [1.807, 2.05) is 0 Å². The molecule has 232 valence electrons. The first kappa shape index (κ1) is 33.2. The van der Waals surface area contributed by atoms with Crippen molar-refractivity contribution in [2.75, 3.05) is 56.0 Å². The molecule has 2 saturated heterocycles. The highest BCUT2D eigenvalue weighted by atomic mass is 19.4. The number of amides is 1. The van der Waals surface area contributed by atoms with E-state index in [4.69, 9.17) is 0 Å². The van der Waals surface area contributed by atoms with Gasteiger partial charge < -0.3 is 20.0 Å². The van der Waals surface area contributed by atoms with E-state index in [0.29, 0.717) is 25.9 Å². The van der Waals surface area contributed by atoms with Gasteiger partial charge in [-0.2, -0.15) is 13.2 Å². The van der Waals surface area contributed by atoms with Crippen molar-refractivity contribution in [2.24, 2.45) is 0 Å². The molecule has 1 amide bonds. The second-order valence-corrected chi connectivity index (χ2v) is 12.0. The maximum atomic E-state index is 13.3. The quantitative estimate of drug-likeness (QED) is 0.277. The smallest absolute Gasteiger partial charge is 0.380 e. The average molecular weight is 592 g/mol. The summed E-state index contributed by atoms with van der Waals surface area (Å²) in [6.45, 7) is 12.3. The van der Waals surface area contributed by atoms with E-state index in [2.05, 4.69) is 60.2 Å². The van der Waals surface area contributed by atoms with Crippen LogP contribution < -0.4 is 10.2 Å². The first-order valence-corrected chi connectivity index (χ1v) is 14.3. The lowest BCUT2D eigenvalue weighted by Gasteiger charge is -2.25. The largest absolute Gasteiger partial charge is 0.423 e. The minimum atomic E-state index is -4.83. The Morgan fingerprint density at radius 2 is 1.74 bits per heavy atom. The second-order valence-electron chi connectivity index (χ2n) is 12.0. The molecular weight excluding hydrogens is 547 g/mol. The molecule has 0 radical (unpaired) electrons. The molecule has 42 heavy (non-hydrogen) atoms. The summed E-state index contributed by atoms with van der Waals surface area (Å²) in [5, 5.41) is 14.0. The number of hydrogen-bond donors (Lipinski definition) is 1. The maximum absolute atomic E-state index is 13.3. The number of carbonyl (C=O) groups is 1. The van der Waals surface area contributed by atoms with Gasteiger partial charge in [0.15, 0.2) is 0 Å². The summed E-state index contributed by atoms with van der Waals surface area (Å²) >= 11 is 0. The van der Waals surface area contributed by atoms with E-state index in [9.17, 15) is 28.1 Å². The van der Waals surface area contributed by atoms with Crippen molar-refractivity contribution in [1.82, 2.24) is 9.80 Å². The lowest BCUT2D eigenvalue weighted by atomic mass is 9.87. The van der Waals surface area contributed by atoms with E-state index >= 15 is 0 Å². The fourth-order valence-corrected chi connectivity index (χ4v) is 5.59. The van der Waals surface area contributed by atoms with Gasteiger partial charge in [-0.15, -0.1) is 0 Å². The van der Waals surface area contributed by atoms with Gasteiger partial charge in [-0.3, -0.25) is 14.9 Å². The van der Waals surface area contributed by atoms with Crippen LogP contribution in [0.4, 0.5) is 30.2 Å². The molecule has 2 heterocycles. The Morgan fingerprint density at radius 3 is 2.38 bits per heavy atom. The average Bonchev–Trinajstić information content (AvgIpc) is 3.24. The van der Waals surface area contributed by atoms with Crippen LogP contribution >= 0.6 is 0 Å². The van der Waals surface area contributed by atoms with Crippen LogP contribution in [0.25, 0.3) is 0 Å². The van der Waals surface area contributed by atoms with Gasteiger partial charge in [-0.05, 0) is 67.6 Å². The molecule has 1 atom stereocenters. The van der Waals surface area contributed by atoms with E-state index in [1.165, 1.54) is 17.3 Å². The number of rotatable bonds is 8. The van der Waals surface area contributed by atoms with Gasteiger partial charge in [0.25, 0.3) is 5.69 Å². The zero-order chi connectivity index (χ0) is 29.8. The summed E-state index contributed by atoms with van der Waals surface area (Å²) in [5.41, 5.74) is 0.598. The van der Waals surface area contributed by atoms with E-state index in [-0.39, 0.29) is 30.5 Å². The third kappa shape index (κ3) is 8.59. The standard InChI is InChI=1S/C30H40F3N5O3.CH4/c1-29(2,3)22-7-10-25(11-8-22)36-16-5-15-35(18-19-36)14-4-6-28(39)37-17-13-24(21-37)34-23-9-12-27(38(40)41)26(20-23)30(31,32)33;/h7-12,20,24,34H,4-6,13-19,21H2,1-3H3;1H4/t24-;/m0./s1. The Balaban J connectivity index is 0.00000484. The molecule has 2 aromatic carbocycles. The third-order valence-corrected chi connectivity index (χ3v) is 7.96. The molecule has 2 fully saturated rings. The fraction of sp³-hybridized carbons (Fsp3) is 0.581. The zero-order valence-corrected chi connectivity index (χ0v) is 24.0. The molecule has 2 aliphatic rings. The summed E-state index contributed by atoms with van der Waals surface area (Å²) in [7, 11) is 0. The van der Waals surface area contributed by atoms with Gasteiger partial charge in [0.2, 0.25) is 5.91 Å². The molecule has 2 aliphatic heterocycles. The number of alkyl halides is 3. The lowest BCUT2D eigenvalue weighted by molar-refractivity contribution is -0.388. The molecule has 0 saturated carbocycles. The number of hydrogen-bond acceptors (Lipinski definition) is 6. The molecule has 1 N–H and O–H groups in total. The molecule has 11 heteroatoms. The number of benzene rings is 2. The number of nitrogens with one attached hydrogen (secondary N) is 1. The summed E-state index contributed by atoms with van der Waals surface area (Å²) in [6.07, 6.45) is -1.99. The molecule has 0 aromatic heterocycles. The minimum absolute atomic E-state index is 0. The van der Waals surface area contributed by atoms with Gasteiger partial charge in [-0.25, -0.2) is 0 Å². The van der Waals surface area contributed by atoms with Gasteiger partial charge >= 0.3 is 6.18 Å². The van der Waals surface area contributed by atoms with Crippen molar-refractivity contribution in [3.05, 3.63) is 63.7 Å². The molecular formula is C31H44F3N5O3. The van der Waals surface area contributed by atoms with Crippen molar-refractivity contribution >= 4 is 23.0 Å². The van der Waals surface area contributed by atoms with Crippen LogP contribution in [0.2, 0.25) is 0 Å². The third-order valence-electron chi connectivity index (χ3n) is 7.96. The van der Waals surface area contributed by atoms with Crippen LogP contribution in [0, 0.1) is 10.1 Å². The number of halogens is 3. The van der Waals surface area contributed by atoms with E-state index < -0.39 is 22.4 Å². The SMILES string of the molecule is C.CC(C)(C)c1ccc(N2CCCN(CCCC(=O)N3CC[C@H](Nc4ccc([N+](=O)[O-])c(C(F)(F)F)c4)C3)CC2)cc1. The number of nitrogens with zero attached hydrogens (tertiary/aromatic N) is 4. The van der Waals surface area contributed by atoms with Gasteiger partial charge in [0, 0.05) is 62.6 Å². The number of likely N-dealkylation sites (tertiary alicyclic amines) is 1. The van der Waals surface area contributed by atoms with Crippen molar-refractivity contribution < 1.29 is 22.9 Å². The molecule has 8 nitrogen and oxygen atoms in total. The Bertz CT molecular complexity index is 1210. The Kier molecular flexibility index (Phi) is 10.9. The highest BCUT2D eigenvalue weighted by molar-refractivity contribution is 5.76. The maximum Gasteiger partial charge on any atom is 0.423 e. The van der Waals surface area contributed by atoms with Crippen LogP contribution in [-0.2, 0) is 16.4 Å². The first-order chi connectivity index (χ1) is 19.3. The number of anilines is 2. The van der Waals surface area contributed by atoms with Gasteiger partial charge in [0.1, 0.15) is 5.56 Å². The number of nitro benzene ring substituents is 1. The monoisotopic (exact) mass is 591 g/mol. The second kappa shape index (κ2) is 13.8. The molecule has 0 aliphatic carbocycles. The Morgan fingerprint density at radius 1 is 1.02 bits per heavy atom. The predicted molar refractivity (Wildman–Crippen MR) is 161 cm³/mol. The summed E-state index contributed by atoms with van der Waals surface area (Å²) < 4.78 is 39.9. The van der Waals surface area contributed by atoms with Gasteiger partial charge in [-0.1, -0.05) is 40.3 Å². The van der Waals surface area contributed by atoms with Crippen LogP contribution in [-0.4, -0.2) is 72.5 Å². The van der Waals surface area contributed by atoms with E-state index in [1.54, 1.807) is 4.90 Å². The van der Waals surface area contributed by atoms with Crippen LogP contribution in [0.3, 0.4) is 0 Å². The highest BCUT2D eigenvalue weighted by Crippen LogP contribution is 2.38. The van der Waals surface area contributed by atoms with Crippen molar-refractivity contribution in [3.8, 4) is 0 Å². The van der Waals surface area contributed by atoms with Crippen LogP contribution in [0.5, 0.6) is 0 Å². The molecule has 2 aromatic rings. The van der Waals surface area contributed by atoms with Crippen molar-refractivity contribution in [3.63, 3.8) is 0 Å². The van der Waals surface area contributed by atoms with Crippen LogP contribution in [0.15, 0.2) is 42.5 Å². The number of carbonyl (C=O) groups excluding carboxylic acids is 1. The zero-order valence-electron chi connectivity index (χ0n) is 24.0. The summed E-state index contributed by atoms with van der Waals surface area (Å²) in [5.74, 6) is 0.0457. The minimum Gasteiger partial charge on any atom is -0.380 e. The van der Waals surface area contributed by atoms with Crippen molar-refractivity contribution in [2.45, 2.75) is 71.5 Å². The first-order valence-electron chi connectivity index (χ1n) is 14.3. The predicted octanol–water partition coefficient (Wildman–Crippen LogP) is 6.55. The topological polar surface area (TPSA) is 82.0 Å².